The normalized spacial score (nSPS) is 21.6. The smallest absolute Gasteiger partial charge is 0.233 e. The van der Waals surface area contributed by atoms with Crippen molar-refractivity contribution in [3.8, 4) is 0 Å². The molecule has 194 valence electrons. The van der Waals surface area contributed by atoms with E-state index in [0.717, 1.165) is 30.5 Å². The van der Waals surface area contributed by atoms with Gasteiger partial charge in [0, 0.05) is 31.6 Å². The monoisotopic (exact) mass is 490 g/mol. The van der Waals surface area contributed by atoms with Crippen molar-refractivity contribution in [3.05, 3.63) is 60.2 Å². The lowest BCUT2D eigenvalue weighted by Crippen LogP contribution is -2.38. The fourth-order valence-corrected chi connectivity index (χ4v) is 6.46. The second-order valence-corrected chi connectivity index (χ2v) is 12.6. The molecule has 2 unspecified atom stereocenters. The van der Waals surface area contributed by atoms with Crippen LogP contribution in [0.1, 0.15) is 72.1 Å². The van der Waals surface area contributed by atoms with Crippen molar-refractivity contribution >= 4 is 22.6 Å². The number of benzene rings is 2. The van der Waals surface area contributed by atoms with Gasteiger partial charge in [-0.25, -0.2) is 0 Å². The Bertz CT molecular complexity index is 1120. The van der Waals surface area contributed by atoms with Gasteiger partial charge in [0.15, 0.2) is 0 Å². The van der Waals surface area contributed by atoms with Crippen molar-refractivity contribution in [2.45, 2.75) is 66.5 Å². The number of ether oxygens (including phenoxy) is 1. The average molecular weight is 491 g/mol. The van der Waals surface area contributed by atoms with Crippen LogP contribution >= 0.6 is 0 Å². The number of hydrogen-bond donors (Lipinski definition) is 0. The number of fused-ring (bicyclic) bond motifs is 1. The van der Waals surface area contributed by atoms with Gasteiger partial charge in [0.2, 0.25) is 11.8 Å². The summed E-state index contributed by atoms with van der Waals surface area (Å²) in [5, 5.41) is 2.36. The zero-order chi connectivity index (χ0) is 26.1. The molecule has 0 aromatic heterocycles. The number of rotatable bonds is 9. The molecule has 2 atom stereocenters. The molecule has 2 saturated heterocycles. The van der Waals surface area contributed by atoms with Gasteiger partial charge in [-0.15, -0.1) is 0 Å². The first-order valence-corrected chi connectivity index (χ1v) is 13.3. The van der Waals surface area contributed by atoms with E-state index in [1.54, 1.807) is 0 Å². The molecule has 2 aliphatic heterocycles. The first kappa shape index (κ1) is 26.6. The number of hydrogen-bond acceptors (Lipinski definition) is 4. The lowest BCUT2D eigenvalue weighted by atomic mass is 9.72. The van der Waals surface area contributed by atoms with E-state index < -0.39 is 0 Å². The standard InChI is InChI=1S/C31H42N2O3/c1-22(20-31(5,6)21-30(2,3)4)18-24-19-27(34)33(28(24)35)15-14-32-16-17-36-29(32)26-13-9-11-23-10-7-8-12-25(23)26/h7-13,24,29H,1,14-21H2,2-6H3. The second kappa shape index (κ2) is 10.5. The van der Waals surface area contributed by atoms with E-state index in [1.807, 2.05) is 12.1 Å². The minimum Gasteiger partial charge on any atom is -0.357 e. The van der Waals surface area contributed by atoms with E-state index in [9.17, 15) is 9.59 Å². The molecule has 4 rings (SSSR count). The number of amides is 2. The molecule has 2 aromatic rings. The third-order valence-corrected chi connectivity index (χ3v) is 7.30. The number of carbonyl (C=O) groups is 2. The Kier molecular flexibility index (Phi) is 7.72. The first-order chi connectivity index (χ1) is 16.9. The van der Waals surface area contributed by atoms with Gasteiger partial charge in [0.25, 0.3) is 0 Å². The summed E-state index contributed by atoms with van der Waals surface area (Å²) in [7, 11) is 0. The Hall–Kier alpha value is -2.50. The van der Waals surface area contributed by atoms with E-state index in [4.69, 9.17) is 4.74 Å². The van der Waals surface area contributed by atoms with Gasteiger partial charge >= 0.3 is 0 Å². The zero-order valence-electron chi connectivity index (χ0n) is 22.7. The van der Waals surface area contributed by atoms with Crippen LogP contribution in [0.15, 0.2) is 54.6 Å². The maximum absolute atomic E-state index is 13.2. The summed E-state index contributed by atoms with van der Waals surface area (Å²) in [4.78, 5) is 29.7. The van der Waals surface area contributed by atoms with Gasteiger partial charge in [0.1, 0.15) is 6.23 Å². The summed E-state index contributed by atoms with van der Waals surface area (Å²) in [6.07, 6.45) is 2.68. The van der Waals surface area contributed by atoms with Crippen LogP contribution in [0, 0.1) is 16.7 Å². The topological polar surface area (TPSA) is 49.9 Å². The Morgan fingerprint density at radius 3 is 2.50 bits per heavy atom. The molecule has 0 N–H and O–H groups in total. The van der Waals surface area contributed by atoms with Crippen LogP contribution in [0.3, 0.4) is 0 Å². The van der Waals surface area contributed by atoms with Gasteiger partial charge in [-0.2, -0.15) is 0 Å². The van der Waals surface area contributed by atoms with E-state index in [1.165, 1.54) is 15.7 Å². The van der Waals surface area contributed by atoms with E-state index in [-0.39, 0.29) is 34.8 Å². The van der Waals surface area contributed by atoms with Crippen molar-refractivity contribution in [1.82, 2.24) is 9.80 Å². The number of carbonyl (C=O) groups excluding carboxylic acids is 2. The van der Waals surface area contributed by atoms with Crippen LogP contribution in [0.5, 0.6) is 0 Å². The summed E-state index contributed by atoms with van der Waals surface area (Å²) in [5.41, 5.74) is 2.56. The number of likely N-dealkylation sites (tertiary alicyclic amines) is 1. The van der Waals surface area contributed by atoms with Gasteiger partial charge in [-0.1, -0.05) is 89.2 Å². The molecular weight excluding hydrogens is 448 g/mol. The van der Waals surface area contributed by atoms with Crippen LogP contribution in [0.4, 0.5) is 0 Å². The highest BCUT2D eigenvalue weighted by atomic mass is 16.5. The maximum Gasteiger partial charge on any atom is 0.233 e. The summed E-state index contributed by atoms with van der Waals surface area (Å²) in [6.45, 7) is 18.0. The Morgan fingerprint density at radius 2 is 1.75 bits per heavy atom. The highest BCUT2D eigenvalue weighted by Gasteiger charge is 2.40. The van der Waals surface area contributed by atoms with Gasteiger partial charge < -0.3 is 4.74 Å². The molecule has 5 heteroatoms. The fourth-order valence-electron chi connectivity index (χ4n) is 6.46. The minimum atomic E-state index is -0.279. The molecule has 2 amide bonds. The lowest BCUT2D eigenvalue weighted by Gasteiger charge is -2.33. The van der Waals surface area contributed by atoms with E-state index in [0.29, 0.717) is 32.5 Å². The summed E-state index contributed by atoms with van der Waals surface area (Å²) >= 11 is 0. The summed E-state index contributed by atoms with van der Waals surface area (Å²) in [6, 6.07) is 14.6. The third kappa shape index (κ3) is 6.24. The zero-order valence-corrected chi connectivity index (χ0v) is 22.7. The molecular formula is C31H42N2O3. The molecule has 0 bridgehead atoms. The second-order valence-electron chi connectivity index (χ2n) is 12.6. The fraction of sp³-hybridized carbons (Fsp3) is 0.548. The van der Waals surface area contributed by atoms with Crippen LogP contribution in [-0.4, -0.2) is 47.9 Å². The number of imide groups is 1. The molecule has 2 heterocycles. The quantitative estimate of drug-likeness (QED) is 0.304. The molecule has 0 aliphatic carbocycles. The number of allylic oxidation sites excluding steroid dienone is 1. The lowest BCUT2D eigenvalue weighted by molar-refractivity contribution is -0.139. The van der Waals surface area contributed by atoms with Crippen molar-refractivity contribution < 1.29 is 14.3 Å². The highest BCUT2D eigenvalue weighted by molar-refractivity contribution is 6.03. The molecule has 36 heavy (non-hydrogen) atoms. The minimum absolute atomic E-state index is 0.0448. The van der Waals surface area contributed by atoms with Crippen molar-refractivity contribution in [3.63, 3.8) is 0 Å². The SMILES string of the molecule is C=C(CC1CC(=O)N(CCN2CCOC2c2cccc3ccccc23)C1=O)CC(C)(C)CC(C)(C)C. The molecule has 2 aromatic carbocycles. The molecule has 0 radical (unpaired) electrons. The average Bonchev–Trinajstić information content (AvgIpc) is 3.34. The van der Waals surface area contributed by atoms with Crippen molar-refractivity contribution in [1.29, 1.82) is 0 Å². The largest absolute Gasteiger partial charge is 0.357 e. The van der Waals surface area contributed by atoms with Crippen LogP contribution in [0.25, 0.3) is 10.8 Å². The van der Waals surface area contributed by atoms with E-state index in [2.05, 4.69) is 76.4 Å². The van der Waals surface area contributed by atoms with Gasteiger partial charge in [0.05, 0.1) is 12.5 Å². The first-order valence-electron chi connectivity index (χ1n) is 13.3. The van der Waals surface area contributed by atoms with Crippen molar-refractivity contribution in [2.24, 2.45) is 16.7 Å². The third-order valence-electron chi connectivity index (χ3n) is 7.30. The van der Waals surface area contributed by atoms with Gasteiger partial charge in [-0.3, -0.25) is 19.4 Å². The Balaban J connectivity index is 1.35. The Morgan fingerprint density at radius 1 is 1.03 bits per heavy atom. The van der Waals surface area contributed by atoms with Crippen LogP contribution < -0.4 is 0 Å². The molecule has 0 saturated carbocycles. The predicted octanol–water partition coefficient (Wildman–Crippen LogP) is 6.34. The van der Waals surface area contributed by atoms with Crippen LogP contribution in [0.2, 0.25) is 0 Å². The maximum atomic E-state index is 13.2. The predicted molar refractivity (Wildman–Crippen MR) is 145 cm³/mol. The molecule has 2 fully saturated rings. The van der Waals surface area contributed by atoms with Gasteiger partial charge in [-0.05, 0) is 40.9 Å². The summed E-state index contributed by atoms with van der Waals surface area (Å²) < 4.78 is 6.11. The number of nitrogens with zero attached hydrogens (tertiary/aromatic N) is 2. The van der Waals surface area contributed by atoms with Crippen molar-refractivity contribution in [2.75, 3.05) is 26.2 Å². The molecule has 0 spiro atoms. The van der Waals surface area contributed by atoms with Crippen LogP contribution in [-0.2, 0) is 14.3 Å². The molecule has 2 aliphatic rings. The van der Waals surface area contributed by atoms with E-state index >= 15 is 0 Å². The Labute approximate surface area is 216 Å². The summed E-state index contributed by atoms with van der Waals surface area (Å²) in [5.74, 6) is -0.385. The molecule has 5 nitrogen and oxygen atoms in total. The highest BCUT2D eigenvalue weighted by Crippen LogP contribution is 2.39.